The third-order valence-electron chi connectivity index (χ3n) is 5.20. The maximum absolute atomic E-state index is 13.2. The number of hydrogen-bond donors (Lipinski definition) is 3. The Hall–Kier alpha value is -3.13. The van der Waals surface area contributed by atoms with Crippen molar-refractivity contribution in [2.45, 2.75) is 52.8 Å². The summed E-state index contributed by atoms with van der Waals surface area (Å²) in [5.74, 6) is 1.87. The van der Waals surface area contributed by atoms with Gasteiger partial charge in [0.15, 0.2) is 5.82 Å². The van der Waals surface area contributed by atoms with E-state index in [9.17, 15) is 4.79 Å². The third kappa shape index (κ3) is 4.80. The highest BCUT2D eigenvalue weighted by Gasteiger charge is 2.26. The van der Waals surface area contributed by atoms with Crippen molar-refractivity contribution < 1.29 is 9.53 Å². The Balaban J connectivity index is 1.70. The molecule has 0 radical (unpaired) electrons. The van der Waals surface area contributed by atoms with E-state index in [-0.39, 0.29) is 24.1 Å². The highest BCUT2D eigenvalue weighted by atomic mass is 16.5. The Morgan fingerprint density at radius 2 is 1.90 bits per heavy atom. The second-order valence-corrected chi connectivity index (χ2v) is 8.66. The number of carbonyl (C=O) groups excluding carboxylic acids is 1. The summed E-state index contributed by atoms with van der Waals surface area (Å²) >= 11 is 0. The first kappa shape index (κ1) is 21.1. The standard InChI is InChI=1S/C23H30N6O2/c1-13(2)31-22-19-7-6-17(23(30)29-11-15(4)24-16(5)12-29)9-18(19)10-20(26-22)25-21-8-14(3)27-28-21/h6-10,13,15-16,24H,11-12H2,1-5H3,(H2,25,26,27,28). The molecule has 3 N–H and O–H groups in total. The molecule has 1 aliphatic rings. The van der Waals surface area contributed by atoms with E-state index in [0.717, 1.165) is 16.5 Å². The molecule has 4 rings (SSSR count). The number of hydrogen-bond acceptors (Lipinski definition) is 6. The van der Waals surface area contributed by atoms with Crippen molar-refractivity contribution in [2.75, 3.05) is 18.4 Å². The van der Waals surface area contributed by atoms with E-state index in [0.29, 0.717) is 36.2 Å². The van der Waals surface area contributed by atoms with Gasteiger partial charge in [0.25, 0.3) is 5.91 Å². The summed E-state index contributed by atoms with van der Waals surface area (Å²) in [6.07, 6.45) is -0.0243. The number of aromatic amines is 1. The van der Waals surface area contributed by atoms with E-state index in [1.54, 1.807) is 0 Å². The highest BCUT2D eigenvalue weighted by molar-refractivity contribution is 6.00. The van der Waals surface area contributed by atoms with Crippen LogP contribution in [0.15, 0.2) is 30.3 Å². The lowest BCUT2D eigenvalue weighted by molar-refractivity contribution is 0.0674. The number of piperazine rings is 1. The summed E-state index contributed by atoms with van der Waals surface area (Å²) in [7, 11) is 0. The van der Waals surface area contributed by atoms with Crippen molar-refractivity contribution in [3.63, 3.8) is 0 Å². The lowest BCUT2D eigenvalue weighted by atomic mass is 10.1. The van der Waals surface area contributed by atoms with Crippen LogP contribution in [0.5, 0.6) is 5.88 Å². The van der Waals surface area contributed by atoms with Gasteiger partial charge in [-0.25, -0.2) is 0 Å². The minimum atomic E-state index is -0.0243. The van der Waals surface area contributed by atoms with Crippen LogP contribution >= 0.6 is 0 Å². The van der Waals surface area contributed by atoms with Gasteiger partial charge in [0.2, 0.25) is 5.88 Å². The SMILES string of the molecule is Cc1cc(Nc2cc3cc(C(=O)N4CC(C)NC(C)C4)ccc3c(OC(C)C)n2)n[nH]1. The normalized spacial score (nSPS) is 19.1. The molecule has 31 heavy (non-hydrogen) atoms. The fourth-order valence-corrected chi connectivity index (χ4v) is 4.02. The first-order valence-corrected chi connectivity index (χ1v) is 10.7. The lowest BCUT2D eigenvalue weighted by Gasteiger charge is -2.36. The van der Waals surface area contributed by atoms with Crippen molar-refractivity contribution >= 4 is 28.3 Å². The van der Waals surface area contributed by atoms with Crippen LogP contribution in [0.4, 0.5) is 11.6 Å². The van der Waals surface area contributed by atoms with Crippen LogP contribution in [-0.2, 0) is 0 Å². The van der Waals surface area contributed by atoms with Crippen molar-refractivity contribution in [3.8, 4) is 5.88 Å². The number of ether oxygens (including phenoxy) is 1. The van der Waals surface area contributed by atoms with Gasteiger partial charge in [0, 0.05) is 47.9 Å². The fraction of sp³-hybridized carbons (Fsp3) is 0.435. The second-order valence-electron chi connectivity index (χ2n) is 8.66. The maximum Gasteiger partial charge on any atom is 0.253 e. The molecule has 2 aromatic heterocycles. The molecule has 0 spiro atoms. The van der Waals surface area contributed by atoms with Gasteiger partial charge >= 0.3 is 0 Å². The van der Waals surface area contributed by atoms with Crippen LogP contribution in [0.25, 0.3) is 10.8 Å². The Morgan fingerprint density at radius 3 is 2.55 bits per heavy atom. The summed E-state index contributed by atoms with van der Waals surface area (Å²) < 4.78 is 5.97. The average molecular weight is 423 g/mol. The van der Waals surface area contributed by atoms with Gasteiger partial charge in [-0.15, -0.1) is 0 Å². The van der Waals surface area contributed by atoms with E-state index >= 15 is 0 Å². The van der Waals surface area contributed by atoms with E-state index in [4.69, 9.17) is 4.74 Å². The number of amides is 1. The minimum Gasteiger partial charge on any atom is -0.474 e. The molecule has 8 heteroatoms. The smallest absolute Gasteiger partial charge is 0.253 e. The molecule has 2 atom stereocenters. The lowest BCUT2D eigenvalue weighted by Crippen LogP contribution is -2.55. The van der Waals surface area contributed by atoms with Gasteiger partial charge in [0.1, 0.15) is 5.82 Å². The molecule has 0 aliphatic carbocycles. The summed E-state index contributed by atoms with van der Waals surface area (Å²) in [6.45, 7) is 11.5. The molecule has 1 saturated heterocycles. The van der Waals surface area contributed by atoms with Crippen LogP contribution in [0.1, 0.15) is 43.7 Å². The first-order chi connectivity index (χ1) is 14.8. The summed E-state index contributed by atoms with van der Waals surface area (Å²) in [6, 6.07) is 10.1. The zero-order valence-corrected chi connectivity index (χ0v) is 18.7. The number of rotatable bonds is 5. The Bertz CT molecular complexity index is 1080. The molecule has 3 heterocycles. The molecule has 8 nitrogen and oxygen atoms in total. The van der Waals surface area contributed by atoms with Gasteiger partial charge in [-0.2, -0.15) is 10.1 Å². The number of aromatic nitrogens is 3. The topological polar surface area (TPSA) is 95.2 Å². The maximum atomic E-state index is 13.2. The van der Waals surface area contributed by atoms with E-state index in [2.05, 4.69) is 39.7 Å². The number of nitrogens with one attached hydrogen (secondary N) is 3. The number of anilines is 2. The number of nitrogens with zero attached hydrogens (tertiary/aromatic N) is 3. The summed E-state index contributed by atoms with van der Waals surface area (Å²) in [4.78, 5) is 19.8. The van der Waals surface area contributed by atoms with Gasteiger partial charge in [-0.1, -0.05) is 0 Å². The molecule has 0 bridgehead atoms. The third-order valence-corrected chi connectivity index (χ3v) is 5.20. The molecule has 3 aromatic rings. The Kier molecular flexibility index (Phi) is 5.82. The van der Waals surface area contributed by atoms with Crippen LogP contribution in [0, 0.1) is 6.92 Å². The molecular weight excluding hydrogens is 392 g/mol. The number of H-pyrrole nitrogens is 1. The molecule has 1 aromatic carbocycles. The van der Waals surface area contributed by atoms with E-state index < -0.39 is 0 Å². The predicted octanol–water partition coefficient (Wildman–Crippen LogP) is 3.62. The highest BCUT2D eigenvalue weighted by Crippen LogP contribution is 2.30. The number of benzene rings is 1. The molecule has 164 valence electrons. The minimum absolute atomic E-state index is 0.0243. The van der Waals surface area contributed by atoms with Gasteiger partial charge in [-0.3, -0.25) is 9.89 Å². The van der Waals surface area contributed by atoms with Gasteiger partial charge in [-0.05, 0) is 64.3 Å². The zero-order chi connectivity index (χ0) is 22.1. The summed E-state index contributed by atoms with van der Waals surface area (Å²) in [5.41, 5.74) is 1.62. The molecule has 1 aliphatic heterocycles. The molecule has 1 fully saturated rings. The van der Waals surface area contributed by atoms with Crippen LogP contribution in [-0.4, -0.2) is 57.3 Å². The molecule has 0 saturated carbocycles. The Morgan fingerprint density at radius 1 is 1.16 bits per heavy atom. The quantitative estimate of drug-likeness (QED) is 0.581. The van der Waals surface area contributed by atoms with Gasteiger partial charge < -0.3 is 20.3 Å². The number of aryl methyl sites for hydroxylation is 1. The van der Waals surface area contributed by atoms with Crippen molar-refractivity contribution in [1.82, 2.24) is 25.4 Å². The first-order valence-electron chi connectivity index (χ1n) is 10.7. The Labute approximate surface area is 182 Å². The molecular formula is C23H30N6O2. The van der Waals surface area contributed by atoms with Crippen LogP contribution < -0.4 is 15.4 Å². The van der Waals surface area contributed by atoms with E-state index in [1.807, 2.05) is 56.0 Å². The number of carbonyl (C=O) groups is 1. The average Bonchev–Trinajstić information content (AvgIpc) is 3.10. The van der Waals surface area contributed by atoms with Crippen molar-refractivity contribution in [3.05, 3.63) is 41.6 Å². The largest absolute Gasteiger partial charge is 0.474 e. The monoisotopic (exact) mass is 422 g/mol. The van der Waals surface area contributed by atoms with Crippen molar-refractivity contribution in [2.24, 2.45) is 0 Å². The molecule has 1 amide bonds. The fourth-order valence-electron chi connectivity index (χ4n) is 4.02. The second kappa shape index (κ2) is 8.55. The zero-order valence-electron chi connectivity index (χ0n) is 18.7. The van der Waals surface area contributed by atoms with E-state index in [1.165, 1.54) is 0 Å². The number of fused-ring (bicyclic) bond motifs is 1. The van der Waals surface area contributed by atoms with Crippen LogP contribution in [0.3, 0.4) is 0 Å². The van der Waals surface area contributed by atoms with Gasteiger partial charge in [0.05, 0.1) is 6.10 Å². The van der Waals surface area contributed by atoms with Crippen LogP contribution in [0.2, 0.25) is 0 Å². The number of pyridine rings is 1. The van der Waals surface area contributed by atoms with Crippen molar-refractivity contribution in [1.29, 1.82) is 0 Å². The summed E-state index contributed by atoms with van der Waals surface area (Å²) in [5, 5.41) is 15.6. The molecule has 2 unspecified atom stereocenters. The predicted molar refractivity (Wildman–Crippen MR) is 122 cm³/mol.